The zero-order valence-corrected chi connectivity index (χ0v) is 9.66. The van der Waals surface area contributed by atoms with E-state index in [1.165, 1.54) is 0 Å². The molecule has 84 valence electrons. The predicted molar refractivity (Wildman–Crippen MR) is 62.1 cm³/mol. The van der Waals surface area contributed by atoms with Crippen LogP contribution in [0, 0.1) is 0 Å². The van der Waals surface area contributed by atoms with Gasteiger partial charge in [-0.05, 0) is 18.7 Å². The molecule has 4 nitrogen and oxygen atoms in total. The molecular formula is C11H12ClN3O. The van der Waals surface area contributed by atoms with Crippen molar-refractivity contribution >= 4 is 11.6 Å². The molecule has 1 heterocycles. The molecule has 1 aromatic heterocycles. The van der Waals surface area contributed by atoms with E-state index >= 15 is 0 Å². The minimum absolute atomic E-state index is 0.457. The number of halogens is 1. The maximum Gasteiger partial charge on any atom is 0.249 e. The summed E-state index contributed by atoms with van der Waals surface area (Å²) in [4.78, 5) is 0. The highest BCUT2D eigenvalue weighted by atomic mass is 35.5. The first-order chi connectivity index (χ1) is 7.81. The molecule has 0 aliphatic heterocycles. The lowest BCUT2D eigenvalue weighted by molar-refractivity contribution is 0.482. The van der Waals surface area contributed by atoms with Gasteiger partial charge in [0.15, 0.2) is 0 Å². The van der Waals surface area contributed by atoms with Gasteiger partial charge in [-0.15, -0.1) is 10.2 Å². The smallest absolute Gasteiger partial charge is 0.249 e. The third-order valence-electron chi connectivity index (χ3n) is 2.10. The average molecular weight is 238 g/mol. The fourth-order valence-electron chi connectivity index (χ4n) is 1.30. The van der Waals surface area contributed by atoms with Gasteiger partial charge in [0, 0.05) is 0 Å². The second-order valence-corrected chi connectivity index (χ2v) is 3.67. The number of nitrogens with one attached hydrogen (secondary N) is 1. The van der Waals surface area contributed by atoms with E-state index in [4.69, 9.17) is 16.0 Å². The number of hydrogen-bond donors (Lipinski definition) is 1. The van der Waals surface area contributed by atoms with Crippen LogP contribution in [0.1, 0.15) is 12.8 Å². The fourth-order valence-corrected chi connectivity index (χ4v) is 1.52. The minimum Gasteiger partial charge on any atom is -0.419 e. The van der Waals surface area contributed by atoms with Crippen LogP contribution in [0.2, 0.25) is 5.02 Å². The molecule has 0 unspecified atom stereocenters. The summed E-state index contributed by atoms with van der Waals surface area (Å²) in [5.74, 6) is 1.02. The van der Waals surface area contributed by atoms with Gasteiger partial charge in [0.25, 0.3) is 0 Å². The normalized spacial score (nSPS) is 10.6. The first kappa shape index (κ1) is 11.1. The van der Waals surface area contributed by atoms with Crippen LogP contribution >= 0.6 is 11.6 Å². The van der Waals surface area contributed by atoms with Crippen LogP contribution in [0.25, 0.3) is 11.5 Å². The van der Waals surface area contributed by atoms with Gasteiger partial charge < -0.3 is 9.73 Å². The second kappa shape index (κ2) is 5.09. The van der Waals surface area contributed by atoms with Crippen LogP contribution in [0.15, 0.2) is 28.7 Å². The maximum absolute atomic E-state index is 6.03. The lowest BCUT2D eigenvalue weighted by atomic mass is 10.2. The van der Waals surface area contributed by atoms with E-state index in [2.05, 4.69) is 15.5 Å². The minimum atomic E-state index is 0.457. The molecule has 1 N–H and O–H groups in total. The molecule has 0 radical (unpaired) electrons. The fraction of sp³-hybridized carbons (Fsp3) is 0.273. The van der Waals surface area contributed by atoms with Crippen molar-refractivity contribution in [2.75, 3.05) is 6.54 Å². The van der Waals surface area contributed by atoms with Gasteiger partial charge in [-0.25, -0.2) is 0 Å². The van der Waals surface area contributed by atoms with Gasteiger partial charge in [0.05, 0.1) is 17.1 Å². The summed E-state index contributed by atoms with van der Waals surface area (Å²) in [6.45, 7) is 3.46. The Hall–Kier alpha value is -1.39. The average Bonchev–Trinajstić information content (AvgIpc) is 2.75. The molecule has 0 aliphatic carbocycles. The van der Waals surface area contributed by atoms with Gasteiger partial charge in [0.1, 0.15) is 0 Å². The molecule has 0 amide bonds. The monoisotopic (exact) mass is 237 g/mol. The third-order valence-corrected chi connectivity index (χ3v) is 2.43. The first-order valence-electron chi connectivity index (χ1n) is 5.09. The van der Waals surface area contributed by atoms with Gasteiger partial charge in [0.2, 0.25) is 11.8 Å². The lowest BCUT2D eigenvalue weighted by Crippen LogP contribution is -2.11. The molecule has 0 atom stereocenters. The van der Waals surface area contributed by atoms with Crippen LogP contribution in [-0.2, 0) is 6.54 Å². The van der Waals surface area contributed by atoms with E-state index in [1.54, 1.807) is 6.07 Å². The molecule has 0 spiro atoms. The van der Waals surface area contributed by atoms with E-state index in [0.29, 0.717) is 23.3 Å². The van der Waals surface area contributed by atoms with Gasteiger partial charge in [-0.3, -0.25) is 0 Å². The van der Waals surface area contributed by atoms with E-state index in [0.717, 1.165) is 12.1 Å². The molecule has 0 bridgehead atoms. The highest BCUT2D eigenvalue weighted by molar-refractivity contribution is 6.33. The SMILES string of the molecule is CCNCc1nnc(-c2ccccc2Cl)o1. The van der Waals surface area contributed by atoms with Crippen LogP contribution < -0.4 is 5.32 Å². The summed E-state index contributed by atoms with van der Waals surface area (Å²) in [6, 6.07) is 7.40. The molecule has 0 fully saturated rings. The highest BCUT2D eigenvalue weighted by Gasteiger charge is 2.10. The Balaban J connectivity index is 2.22. The topological polar surface area (TPSA) is 51.0 Å². The first-order valence-corrected chi connectivity index (χ1v) is 5.47. The number of aromatic nitrogens is 2. The quantitative estimate of drug-likeness (QED) is 0.888. The number of nitrogens with zero attached hydrogens (tertiary/aromatic N) is 2. The van der Waals surface area contributed by atoms with Gasteiger partial charge in [-0.1, -0.05) is 30.7 Å². The number of benzene rings is 1. The summed E-state index contributed by atoms with van der Waals surface area (Å²) in [5.41, 5.74) is 0.763. The molecule has 16 heavy (non-hydrogen) atoms. The lowest BCUT2D eigenvalue weighted by Gasteiger charge is -1.97. The van der Waals surface area contributed by atoms with E-state index in [1.807, 2.05) is 25.1 Å². The Morgan fingerprint density at radius 2 is 2.12 bits per heavy atom. The van der Waals surface area contributed by atoms with Crippen molar-refractivity contribution in [2.24, 2.45) is 0 Å². The van der Waals surface area contributed by atoms with Crippen molar-refractivity contribution in [1.82, 2.24) is 15.5 Å². The molecular weight excluding hydrogens is 226 g/mol. The number of rotatable bonds is 4. The molecule has 0 saturated carbocycles. The molecule has 5 heteroatoms. The van der Waals surface area contributed by atoms with E-state index in [-0.39, 0.29) is 0 Å². The number of hydrogen-bond acceptors (Lipinski definition) is 4. The molecule has 0 aliphatic rings. The van der Waals surface area contributed by atoms with Crippen molar-refractivity contribution in [2.45, 2.75) is 13.5 Å². The third kappa shape index (κ3) is 2.40. The zero-order chi connectivity index (χ0) is 11.4. The molecule has 0 saturated heterocycles. The summed E-state index contributed by atoms with van der Waals surface area (Å²) >= 11 is 6.03. The van der Waals surface area contributed by atoms with Crippen LogP contribution in [0.4, 0.5) is 0 Å². The Kier molecular flexibility index (Phi) is 3.54. The van der Waals surface area contributed by atoms with Crippen LogP contribution in [-0.4, -0.2) is 16.7 Å². The summed E-state index contributed by atoms with van der Waals surface area (Å²) < 4.78 is 5.48. The van der Waals surface area contributed by atoms with Crippen molar-refractivity contribution in [3.63, 3.8) is 0 Å². The zero-order valence-electron chi connectivity index (χ0n) is 8.90. The Morgan fingerprint density at radius 1 is 1.31 bits per heavy atom. The van der Waals surface area contributed by atoms with E-state index in [9.17, 15) is 0 Å². The summed E-state index contributed by atoms with van der Waals surface area (Å²) in [6.07, 6.45) is 0. The van der Waals surface area contributed by atoms with Crippen molar-refractivity contribution in [3.8, 4) is 11.5 Å². The highest BCUT2D eigenvalue weighted by Crippen LogP contribution is 2.25. The summed E-state index contributed by atoms with van der Waals surface area (Å²) in [7, 11) is 0. The van der Waals surface area contributed by atoms with Gasteiger partial charge >= 0.3 is 0 Å². The van der Waals surface area contributed by atoms with Crippen LogP contribution in [0.5, 0.6) is 0 Å². The summed E-state index contributed by atoms with van der Waals surface area (Å²) in [5, 5.41) is 11.6. The van der Waals surface area contributed by atoms with Gasteiger partial charge in [-0.2, -0.15) is 0 Å². The Labute approximate surface area is 98.6 Å². The van der Waals surface area contributed by atoms with E-state index < -0.39 is 0 Å². The van der Waals surface area contributed by atoms with Crippen LogP contribution in [0.3, 0.4) is 0 Å². The largest absolute Gasteiger partial charge is 0.419 e. The Bertz CT molecular complexity index is 470. The standard InChI is InChI=1S/C11H12ClN3O/c1-2-13-7-10-14-15-11(16-10)8-5-3-4-6-9(8)12/h3-6,13H,2,7H2,1H3. The maximum atomic E-state index is 6.03. The molecule has 2 rings (SSSR count). The Morgan fingerprint density at radius 3 is 2.88 bits per heavy atom. The second-order valence-electron chi connectivity index (χ2n) is 3.26. The van der Waals surface area contributed by atoms with Crippen molar-refractivity contribution in [1.29, 1.82) is 0 Å². The predicted octanol–water partition coefficient (Wildman–Crippen LogP) is 2.50. The molecule has 1 aromatic carbocycles. The molecule has 2 aromatic rings. The van der Waals surface area contributed by atoms with Crippen molar-refractivity contribution in [3.05, 3.63) is 35.2 Å². The van der Waals surface area contributed by atoms with Crippen molar-refractivity contribution < 1.29 is 4.42 Å².